The summed E-state index contributed by atoms with van der Waals surface area (Å²) in [6, 6.07) is 4.42. The lowest BCUT2D eigenvalue weighted by Crippen LogP contribution is -2.54. The minimum absolute atomic E-state index is 0.00118. The molecule has 2 atom stereocenters. The highest BCUT2D eigenvalue weighted by atomic mass is 16.5. The number of morpholine rings is 1. The molecule has 3 rings (SSSR count). The van der Waals surface area contributed by atoms with Gasteiger partial charge in [0, 0.05) is 6.54 Å². The van der Waals surface area contributed by atoms with Crippen molar-refractivity contribution < 1.29 is 19.7 Å². The summed E-state index contributed by atoms with van der Waals surface area (Å²) in [4.78, 5) is 14.4. The predicted octanol–water partition coefficient (Wildman–Crippen LogP) is 1.88. The number of rotatable bonds is 1. The molecule has 1 saturated heterocycles. The van der Waals surface area contributed by atoms with E-state index in [0.29, 0.717) is 13.2 Å². The molecule has 0 radical (unpaired) electrons. The van der Waals surface area contributed by atoms with E-state index in [9.17, 15) is 15.0 Å². The van der Waals surface area contributed by atoms with Gasteiger partial charge in [0.25, 0.3) is 5.91 Å². The van der Waals surface area contributed by atoms with Gasteiger partial charge in [-0.05, 0) is 25.0 Å². The molecule has 2 fully saturated rings. The maximum absolute atomic E-state index is 12.6. The summed E-state index contributed by atoms with van der Waals surface area (Å²) >= 11 is 0. The Labute approximate surface area is 117 Å². The number of phenols is 2. The molecule has 1 saturated carbocycles. The number of benzene rings is 1. The molecule has 1 heterocycles. The molecule has 1 aromatic carbocycles. The largest absolute Gasteiger partial charge is 0.507 e. The summed E-state index contributed by atoms with van der Waals surface area (Å²) in [6.07, 6.45) is 4.20. The van der Waals surface area contributed by atoms with E-state index in [0.717, 1.165) is 25.7 Å². The van der Waals surface area contributed by atoms with E-state index < -0.39 is 0 Å². The van der Waals surface area contributed by atoms with Crippen molar-refractivity contribution in [3.63, 3.8) is 0 Å². The Morgan fingerprint density at radius 2 is 1.90 bits per heavy atom. The monoisotopic (exact) mass is 277 g/mol. The number of nitrogens with zero attached hydrogens (tertiary/aromatic N) is 1. The zero-order chi connectivity index (χ0) is 14.1. The number of ether oxygens (including phenoxy) is 1. The molecule has 1 amide bonds. The maximum atomic E-state index is 12.6. The molecule has 1 aliphatic carbocycles. The average Bonchev–Trinajstić information content (AvgIpc) is 2.46. The van der Waals surface area contributed by atoms with Crippen molar-refractivity contribution in [3.8, 4) is 11.5 Å². The summed E-state index contributed by atoms with van der Waals surface area (Å²) in [7, 11) is 0. The lowest BCUT2D eigenvalue weighted by atomic mass is 9.89. The van der Waals surface area contributed by atoms with Gasteiger partial charge in [0.1, 0.15) is 17.1 Å². The number of fused-ring (bicyclic) bond motifs is 1. The van der Waals surface area contributed by atoms with Crippen molar-refractivity contribution >= 4 is 5.91 Å². The predicted molar refractivity (Wildman–Crippen MR) is 72.8 cm³/mol. The first-order valence-corrected chi connectivity index (χ1v) is 7.12. The Bertz CT molecular complexity index is 494. The molecule has 1 aromatic rings. The molecule has 2 aliphatic rings. The van der Waals surface area contributed by atoms with Crippen LogP contribution < -0.4 is 0 Å². The second kappa shape index (κ2) is 5.32. The quantitative estimate of drug-likeness (QED) is 0.822. The number of carbonyl (C=O) groups excluding carboxylic acids is 1. The van der Waals surface area contributed by atoms with E-state index in [-0.39, 0.29) is 35.1 Å². The minimum atomic E-state index is -0.305. The molecular weight excluding hydrogens is 258 g/mol. The topological polar surface area (TPSA) is 70.0 Å². The van der Waals surface area contributed by atoms with Crippen LogP contribution in [0.2, 0.25) is 0 Å². The summed E-state index contributed by atoms with van der Waals surface area (Å²) < 4.78 is 5.74. The highest BCUT2D eigenvalue weighted by Crippen LogP contribution is 2.33. The third kappa shape index (κ3) is 2.22. The van der Waals surface area contributed by atoms with Crippen LogP contribution in [0.5, 0.6) is 11.5 Å². The summed E-state index contributed by atoms with van der Waals surface area (Å²) in [5.74, 6) is -0.650. The molecular formula is C15H19NO4. The number of amides is 1. The molecule has 0 bridgehead atoms. The van der Waals surface area contributed by atoms with Gasteiger partial charge in [-0.15, -0.1) is 0 Å². The SMILES string of the molecule is O=C(c1c(O)cccc1O)N1CCOC2CCCCC21. The van der Waals surface area contributed by atoms with Gasteiger partial charge in [-0.1, -0.05) is 18.9 Å². The number of aromatic hydroxyl groups is 2. The van der Waals surface area contributed by atoms with E-state index in [1.807, 2.05) is 0 Å². The van der Waals surface area contributed by atoms with Crippen LogP contribution in [-0.2, 0) is 4.74 Å². The van der Waals surface area contributed by atoms with Crippen molar-refractivity contribution in [2.24, 2.45) is 0 Å². The minimum Gasteiger partial charge on any atom is -0.507 e. The molecule has 5 nitrogen and oxygen atoms in total. The number of carbonyl (C=O) groups is 1. The van der Waals surface area contributed by atoms with Crippen LogP contribution >= 0.6 is 0 Å². The summed E-state index contributed by atoms with van der Waals surface area (Å²) in [5.41, 5.74) is -0.00118. The number of hydrogen-bond acceptors (Lipinski definition) is 4. The Balaban J connectivity index is 1.89. The number of hydrogen-bond donors (Lipinski definition) is 2. The average molecular weight is 277 g/mol. The van der Waals surface area contributed by atoms with Crippen molar-refractivity contribution in [2.75, 3.05) is 13.2 Å². The molecule has 5 heteroatoms. The fraction of sp³-hybridized carbons (Fsp3) is 0.533. The number of phenolic OH excluding ortho intramolecular Hbond substituents is 2. The molecule has 2 unspecified atom stereocenters. The molecule has 1 aliphatic heterocycles. The second-order valence-corrected chi connectivity index (χ2v) is 5.43. The standard InChI is InChI=1S/C15H19NO4/c17-11-5-3-6-12(18)14(11)15(19)16-8-9-20-13-7-2-1-4-10(13)16/h3,5-6,10,13,17-18H,1-2,4,7-9H2. The van der Waals surface area contributed by atoms with Crippen LogP contribution in [0.3, 0.4) is 0 Å². The van der Waals surface area contributed by atoms with Crippen molar-refractivity contribution in [1.82, 2.24) is 4.90 Å². The van der Waals surface area contributed by atoms with Crippen LogP contribution in [0, 0.1) is 0 Å². The van der Waals surface area contributed by atoms with Gasteiger partial charge in [0.05, 0.1) is 18.8 Å². The normalized spacial score (nSPS) is 26.1. The highest BCUT2D eigenvalue weighted by Gasteiger charge is 2.38. The third-order valence-corrected chi connectivity index (χ3v) is 4.23. The Kier molecular flexibility index (Phi) is 3.53. The van der Waals surface area contributed by atoms with Gasteiger partial charge in [-0.25, -0.2) is 0 Å². The first-order valence-electron chi connectivity index (χ1n) is 7.12. The molecule has 0 aromatic heterocycles. The highest BCUT2D eigenvalue weighted by molar-refractivity contribution is 5.99. The van der Waals surface area contributed by atoms with Crippen LogP contribution in [-0.4, -0.2) is 46.3 Å². The first-order chi connectivity index (χ1) is 9.68. The van der Waals surface area contributed by atoms with Crippen LogP contribution in [0.25, 0.3) is 0 Å². The van der Waals surface area contributed by atoms with E-state index >= 15 is 0 Å². The summed E-state index contributed by atoms with van der Waals surface area (Å²) in [5, 5.41) is 19.7. The van der Waals surface area contributed by atoms with Crippen molar-refractivity contribution in [3.05, 3.63) is 23.8 Å². The fourth-order valence-electron chi connectivity index (χ4n) is 3.24. The van der Waals surface area contributed by atoms with Gasteiger partial charge in [0.15, 0.2) is 0 Å². The van der Waals surface area contributed by atoms with Gasteiger partial charge in [-0.2, -0.15) is 0 Å². The first kappa shape index (κ1) is 13.2. The maximum Gasteiger partial charge on any atom is 0.261 e. The van der Waals surface area contributed by atoms with Gasteiger partial charge in [-0.3, -0.25) is 4.79 Å². The van der Waals surface area contributed by atoms with Crippen LogP contribution in [0.4, 0.5) is 0 Å². The van der Waals surface area contributed by atoms with Gasteiger partial charge >= 0.3 is 0 Å². The van der Waals surface area contributed by atoms with Crippen LogP contribution in [0.15, 0.2) is 18.2 Å². The Hall–Kier alpha value is -1.75. The fourth-order valence-corrected chi connectivity index (χ4v) is 3.24. The van der Waals surface area contributed by atoms with E-state index in [1.165, 1.54) is 18.2 Å². The molecule has 20 heavy (non-hydrogen) atoms. The van der Waals surface area contributed by atoms with Crippen molar-refractivity contribution in [1.29, 1.82) is 0 Å². The van der Waals surface area contributed by atoms with E-state index in [1.54, 1.807) is 4.90 Å². The van der Waals surface area contributed by atoms with Gasteiger partial charge < -0.3 is 19.8 Å². The van der Waals surface area contributed by atoms with Gasteiger partial charge in [0.2, 0.25) is 0 Å². The lowest BCUT2D eigenvalue weighted by Gasteiger charge is -2.43. The molecule has 2 N–H and O–H groups in total. The van der Waals surface area contributed by atoms with E-state index in [4.69, 9.17) is 4.74 Å². The Morgan fingerprint density at radius 1 is 1.20 bits per heavy atom. The smallest absolute Gasteiger partial charge is 0.261 e. The third-order valence-electron chi connectivity index (χ3n) is 4.23. The van der Waals surface area contributed by atoms with E-state index in [2.05, 4.69) is 0 Å². The zero-order valence-electron chi connectivity index (χ0n) is 11.3. The second-order valence-electron chi connectivity index (χ2n) is 5.43. The summed E-state index contributed by atoms with van der Waals surface area (Å²) in [6.45, 7) is 1.02. The van der Waals surface area contributed by atoms with Crippen LogP contribution in [0.1, 0.15) is 36.0 Å². The van der Waals surface area contributed by atoms with Crippen molar-refractivity contribution in [2.45, 2.75) is 37.8 Å². The Morgan fingerprint density at radius 3 is 2.65 bits per heavy atom. The zero-order valence-corrected chi connectivity index (χ0v) is 11.3. The molecule has 0 spiro atoms. The molecule has 108 valence electrons. The lowest BCUT2D eigenvalue weighted by molar-refractivity contribution is -0.0754.